The second-order valence-corrected chi connectivity index (χ2v) is 6.35. The van der Waals surface area contributed by atoms with Crippen LogP contribution in [-0.2, 0) is 4.79 Å². The van der Waals surface area contributed by atoms with Crippen LogP contribution in [0.25, 0.3) is 0 Å². The first-order chi connectivity index (χ1) is 9.71. The van der Waals surface area contributed by atoms with Gasteiger partial charge in [0.2, 0.25) is 0 Å². The van der Waals surface area contributed by atoms with Crippen molar-refractivity contribution < 1.29 is 9.90 Å². The van der Waals surface area contributed by atoms with Crippen LogP contribution in [0.2, 0.25) is 0 Å². The lowest BCUT2D eigenvalue weighted by molar-refractivity contribution is -0.144. The van der Waals surface area contributed by atoms with Gasteiger partial charge in [-0.05, 0) is 25.8 Å². The first kappa shape index (κ1) is 17.5. The predicted molar refractivity (Wildman–Crippen MR) is 84.1 cm³/mol. The summed E-state index contributed by atoms with van der Waals surface area (Å²) in [5.41, 5.74) is -0.597. The fourth-order valence-electron chi connectivity index (χ4n) is 3.22. The third kappa shape index (κ3) is 6.25. The Balaban J connectivity index is 1.95. The van der Waals surface area contributed by atoms with Crippen LogP contribution < -0.4 is 5.32 Å². The Morgan fingerprint density at radius 3 is 2.00 bits per heavy atom. The van der Waals surface area contributed by atoms with Gasteiger partial charge in [-0.2, -0.15) is 0 Å². The molecule has 0 amide bonds. The summed E-state index contributed by atoms with van der Waals surface area (Å²) in [5.74, 6) is -0.647. The standard InChI is InChI=1S/C17H33NO2/c1-2-3-4-5-6-7-8-9-10-11-13-17(16(19)20)14-12-15-18-17/h18H,2-15H2,1H3,(H,19,20). The molecule has 0 spiro atoms. The molecular formula is C17H33NO2. The maximum Gasteiger partial charge on any atom is 0.323 e. The summed E-state index contributed by atoms with van der Waals surface area (Å²) in [6.45, 7) is 3.12. The van der Waals surface area contributed by atoms with Crippen molar-refractivity contribution in [1.29, 1.82) is 0 Å². The van der Waals surface area contributed by atoms with Crippen LogP contribution in [0.15, 0.2) is 0 Å². The van der Waals surface area contributed by atoms with Crippen molar-refractivity contribution in [2.24, 2.45) is 0 Å². The van der Waals surface area contributed by atoms with E-state index >= 15 is 0 Å². The van der Waals surface area contributed by atoms with E-state index in [1.54, 1.807) is 0 Å². The van der Waals surface area contributed by atoms with Crippen molar-refractivity contribution in [1.82, 2.24) is 5.32 Å². The van der Waals surface area contributed by atoms with Crippen LogP contribution in [0.3, 0.4) is 0 Å². The van der Waals surface area contributed by atoms with Crippen LogP contribution >= 0.6 is 0 Å². The van der Waals surface area contributed by atoms with Crippen LogP contribution in [0.5, 0.6) is 0 Å². The van der Waals surface area contributed by atoms with Gasteiger partial charge in [-0.15, -0.1) is 0 Å². The number of carbonyl (C=O) groups is 1. The average molecular weight is 283 g/mol. The summed E-state index contributed by atoms with van der Waals surface area (Å²) in [4.78, 5) is 11.4. The molecule has 1 fully saturated rings. The lowest BCUT2D eigenvalue weighted by Gasteiger charge is -2.24. The highest BCUT2D eigenvalue weighted by Crippen LogP contribution is 2.26. The van der Waals surface area contributed by atoms with E-state index in [0.29, 0.717) is 0 Å². The van der Waals surface area contributed by atoms with Gasteiger partial charge in [0.05, 0.1) is 0 Å². The van der Waals surface area contributed by atoms with Crippen molar-refractivity contribution >= 4 is 5.97 Å². The van der Waals surface area contributed by atoms with Crippen molar-refractivity contribution in [2.75, 3.05) is 6.54 Å². The molecule has 0 aromatic heterocycles. The third-order valence-corrected chi connectivity index (χ3v) is 4.61. The zero-order valence-electron chi connectivity index (χ0n) is 13.3. The smallest absolute Gasteiger partial charge is 0.323 e. The highest BCUT2D eigenvalue weighted by atomic mass is 16.4. The maximum absolute atomic E-state index is 11.4. The Morgan fingerprint density at radius 1 is 1.00 bits per heavy atom. The van der Waals surface area contributed by atoms with Gasteiger partial charge in [-0.25, -0.2) is 0 Å². The van der Waals surface area contributed by atoms with Crippen molar-refractivity contribution in [3.8, 4) is 0 Å². The van der Waals surface area contributed by atoms with Gasteiger partial charge < -0.3 is 10.4 Å². The number of nitrogens with one attached hydrogen (secondary N) is 1. The number of rotatable bonds is 12. The first-order valence-electron chi connectivity index (χ1n) is 8.70. The van der Waals surface area contributed by atoms with E-state index in [0.717, 1.165) is 32.2 Å². The Labute approximate surface area is 124 Å². The number of carboxylic acid groups (broad SMARTS) is 1. The summed E-state index contributed by atoms with van der Waals surface area (Å²) in [6, 6.07) is 0. The largest absolute Gasteiger partial charge is 0.480 e. The number of aliphatic carboxylic acids is 1. The molecule has 1 saturated heterocycles. The van der Waals surface area contributed by atoms with Crippen molar-refractivity contribution in [2.45, 2.75) is 95.9 Å². The molecule has 3 nitrogen and oxygen atoms in total. The summed E-state index contributed by atoms with van der Waals surface area (Å²) in [7, 11) is 0. The SMILES string of the molecule is CCCCCCCCCCCCC1(C(=O)O)CCCN1. The molecule has 2 N–H and O–H groups in total. The highest BCUT2D eigenvalue weighted by Gasteiger charge is 2.40. The lowest BCUT2D eigenvalue weighted by Crippen LogP contribution is -2.47. The molecule has 20 heavy (non-hydrogen) atoms. The minimum atomic E-state index is -0.647. The topological polar surface area (TPSA) is 49.3 Å². The molecule has 0 aromatic rings. The summed E-state index contributed by atoms with van der Waals surface area (Å²) in [5, 5.41) is 12.5. The predicted octanol–water partition coefficient (Wildman–Crippen LogP) is 4.50. The van der Waals surface area contributed by atoms with E-state index in [9.17, 15) is 9.90 Å². The van der Waals surface area contributed by atoms with Gasteiger partial charge in [-0.3, -0.25) is 4.79 Å². The zero-order valence-corrected chi connectivity index (χ0v) is 13.3. The van der Waals surface area contributed by atoms with E-state index in [1.165, 1.54) is 57.8 Å². The fraction of sp³-hybridized carbons (Fsp3) is 0.941. The summed E-state index contributed by atoms with van der Waals surface area (Å²) in [6.07, 6.45) is 15.6. The molecular weight excluding hydrogens is 250 g/mol. The average Bonchev–Trinajstić information content (AvgIpc) is 2.91. The fourth-order valence-corrected chi connectivity index (χ4v) is 3.22. The maximum atomic E-state index is 11.4. The Hall–Kier alpha value is -0.570. The first-order valence-corrected chi connectivity index (χ1v) is 8.70. The summed E-state index contributed by atoms with van der Waals surface area (Å²) >= 11 is 0. The van der Waals surface area contributed by atoms with Gasteiger partial charge in [-0.1, -0.05) is 71.1 Å². The van der Waals surface area contributed by atoms with Gasteiger partial charge in [0.15, 0.2) is 0 Å². The summed E-state index contributed by atoms with van der Waals surface area (Å²) < 4.78 is 0. The molecule has 1 unspecified atom stereocenters. The molecule has 0 bridgehead atoms. The van der Waals surface area contributed by atoms with Gasteiger partial charge in [0, 0.05) is 0 Å². The Bertz CT molecular complexity index is 260. The lowest BCUT2D eigenvalue weighted by atomic mass is 9.90. The second-order valence-electron chi connectivity index (χ2n) is 6.35. The second kappa shape index (κ2) is 10.2. The number of unbranched alkanes of at least 4 members (excludes halogenated alkanes) is 9. The number of carboxylic acids is 1. The zero-order chi connectivity index (χ0) is 14.7. The Morgan fingerprint density at radius 2 is 1.55 bits per heavy atom. The van der Waals surface area contributed by atoms with E-state index in [-0.39, 0.29) is 0 Å². The van der Waals surface area contributed by atoms with E-state index < -0.39 is 11.5 Å². The van der Waals surface area contributed by atoms with E-state index in [2.05, 4.69) is 12.2 Å². The highest BCUT2D eigenvalue weighted by molar-refractivity contribution is 5.79. The number of hydrogen-bond donors (Lipinski definition) is 2. The van der Waals surface area contributed by atoms with Crippen molar-refractivity contribution in [3.63, 3.8) is 0 Å². The molecule has 0 radical (unpaired) electrons. The van der Waals surface area contributed by atoms with E-state index in [4.69, 9.17) is 0 Å². The molecule has 3 heteroatoms. The van der Waals surface area contributed by atoms with Crippen LogP contribution in [0.4, 0.5) is 0 Å². The quantitative estimate of drug-likeness (QED) is 0.518. The molecule has 1 aliphatic heterocycles. The van der Waals surface area contributed by atoms with Crippen LogP contribution in [-0.4, -0.2) is 23.2 Å². The molecule has 1 rings (SSSR count). The molecule has 0 aromatic carbocycles. The van der Waals surface area contributed by atoms with Crippen LogP contribution in [0, 0.1) is 0 Å². The molecule has 118 valence electrons. The molecule has 0 saturated carbocycles. The van der Waals surface area contributed by atoms with E-state index in [1.807, 2.05) is 0 Å². The van der Waals surface area contributed by atoms with Crippen molar-refractivity contribution in [3.05, 3.63) is 0 Å². The third-order valence-electron chi connectivity index (χ3n) is 4.61. The van der Waals surface area contributed by atoms with Crippen LogP contribution in [0.1, 0.15) is 90.4 Å². The Kier molecular flexibility index (Phi) is 8.92. The van der Waals surface area contributed by atoms with Gasteiger partial charge in [0.1, 0.15) is 5.54 Å². The monoisotopic (exact) mass is 283 g/mol. The minimum absolute atomic E-state index is 0.597. The van der Waals surface area contributed by atoms with Gasteiger partial charge >= 0.3 is 5.97 Å². The minimum Gasteiger partial charge on any atom is -0.480 e. The van der Waals surface area contributed by atoms with Gasteiger partial charge in [0.25, 0.3) is 0 Å². The number of hydrogen-bond acceptors (Lipinski definition) is 2. The molecule has 1 heterocycles. The molecule has 1 aliphatic rings. The molecule has 0 aliphatic carbocycles. The molecule has 1 atom stereocenters. The normalized spacial score (nSPS) is 22.2.